The second kappa shape index (κ2) is 8.30. The van der Waals surface area contributed by atoms with E-state index in [2.05, 4.69) is 11.9 Å². The van der Waals surface area contributed by atoms with Crippen molar-refractivity contribution in [2.45, 2.75) is 52.6 Å². The van der Waals surface area contributed by atoms with E-state index in [4.69, 9.17) is 0 Å². The minimum Gasteiger partial charge on any atom is -0.384 e. The van der Waals surface area contributed by atoms with Gasteiger partial charge in [0.2, 0.25) is 0 Å². The van der Waals surface area contributed by atoms with Crippen molar-refractivity contribution in [2.75, 3.05) is 6.54 Å². The molecule has 76 valence electrons. The molecule has 0 aliphatic carbocycles. The van der Waals surface area contributed by atoms with Crippen LogP contribution in [0.15, 0.2) is 4.99 Å². The first kappa shape index (κ1) is 16.4. The van der Waals surface area contributed by atoms with E-state index in [-0.39, 0.29) is 40.8 Å². The Morgan fingerprint density at radius 2 is 1.85 bits per heavy atom. The van der Waals surface area contributed by atoms with Crippen LogP contribution in [0.25, 0.3) is 0 Å². The molecule has 0 fully saturated rings. The summed E-state index contributed by atoms with van der Waals surface area (Å²) in [4.78, 5) is 4.25. The second-order valence-corrected chi connectivity index (χ2v) is 3.19. The van der Waals surface area contributed by atoms with Crippen molar-refractivity contribution in [1.82, 2.24) is 0 Å². The van der Waals surface area contributed by atoms with E-state index in [1.807, 2.05) is 20.8 Å². The Kier molecular flexibility index (Phi) is 10.5. The predicted octanol–water partition coefficient (Wildman–Crippen LogP) is 2.41. The van der Waals surface area contributed by atoms with Crippen molar-refractivity contribution < 1.29 is 45.9 Å². The molecule has 0 heterocycles. The first-order valence-electron chi connectivity index (χ1n) is 4.84. The minimum absolute atomic E-state index is 0. The minimum atomic E-state index is -0.648. The van der Waals surface area contributed by atoms with Crippen LogP contribution in [0.1, 0.15) is 47.0 Å². The van der Waals surface area contributed by atoms with Gasteiger partial charge >= 0.3 is 0 Å². The maximum atomic E-state index is 10.1. The van der Waals surface area contributed by atoms with Crippen LogP contribution in [0, 0.1) is 40.8 Å². The van der Waals surface area contributed by atoms with Gasteiger partial charge in [0.1, 0.15) is 5.60 Å². The predicted molar refractivity (Wildman–Crippen MR) is 53.8 cm³/mol. The molecular formula is C10H21NNdO. The Morgan fingerprint density at radius 1 is 1.31 bits per heavy atom. The van der Waals surface area contributed by atoms with Crippen molar-refractivity contribution >= 4 is 5.71 Å². The molecule has 3 heteroatoms. The first-order chi connectivity index (χ1) is 5.60. The van der Waals surface area contributed by atoms with Gasteiger partial charge in [0, 0.05) is 53.1 Å². The van der Waals surface area contributed by atoms with Crippen LogP contribution in [0.5, 0.6) is 0 Å². The molecule has 0 bridgehead atoms. The molecule has 0 aromatic rings. The van der Waals surface area contributed by atoms with E-state index >= 15 is 0 Å². The molecule has 0 saturated heterocycles. The second-order valence-electron chi connectivity index (χ2n) is 3.19. The van der Waals surface area contributed by atoms with Crippen molar-refractivity contribution in [3.8, 4) is 0 Å². The van der Waals surface area contributed by atoms with Crippen molar-refractivity contribution in [2.24, 2.45) is 4.99 Å². The van der Waals surface area contributed by atoms with Gasteiger partial charge in [-0.05, 0) is 26.7 Å². The molecule has 1 N–H and O–H groups in total. The molecule has 1 unspecified atom stereocenters. The van der Waals surface area contributed by atoms with Crippen LogP contribution >= 0.6 is 0 Å². The van der Waals surface area contributed by atoms with Crippen LogP contribution in [0.2, 0.25) is 0 Å². The normalized spacial score (nSPS) is 16.2. The summed E-state index contributed by atoms with van der Waals surface area (Å²) in [6.45, 7) is 8.76. The number of hydrogen-bond acceptors (Lipinski definition) is 2. The fourth-order valence-corrected chi connectivity index (χ4v) is 1.41. The third-order valence-electron chi connectivity index (χ3n) is 2.32. The van der Waals surface area contributed by atoms with E-state index in [0.29, 0.717) is 0 Å². The van der Waals surface area contributed by atoms with Gasteiger partial charge in [-0.1, -0.05) is 20.3 Å². The fourth-order valence-electron chi connectivity index (χ4n) is 1.41. The Hall–Kier alpha value is 0.981. The van der Waals surface area contributed by atoms with Crippen LogP contribution < -0.4 is 0 Å². The van der Waals surface area contributed by atoms with E-state index in [9.17, 15) is 5.11 Å². The molecule has 0 spiro atoms. The van der Waals surface area contributed by atoms with Crippen molar-refractivity contribution in [1.29, 1.82) is 0 Å². The molecule has 0 saturated carbocycles. The van der Waals surface area contributed by atoms with Gasteiger partial charge in [-0.2, -0.15) is 0 Å². The van der Waals surface area contributed by atoms with Gasteiger partial charge in [0.05, 0.1) is 0 Å². The zero-order chi connectivity index (χ0) is 9.61. The van der Waals surface area contributed by atoms with Crippen LogP contribution in [-0.4, -0.2) is 23.0 Å². The molecule has 0 rings (SSSR count). The van der Waals surface area contributed by atoms with E-state index < -0.39 is 5.60 Å². The molecule has 0 amide bonds. The summed E-state index contributed by atoms with van der Waals surface area (Å²) in [6.07, 6.45) is 2.58. The zero-order valence-corrected chi connectivity index (χ0v) is 12.4. The molecule has 0 aromatic heterocycles. The fraction of sp³-hybridized carbons (Fsp3) is 0.900. The van der Waals surface area contributed by atoms with E-state index in [1.165, 1.54) is 0 Å². The molecule has 2 nitrogen and oxygen atoms in total. The Balaban J connectivity index is 0. The average Bonchev–Trinajstić information content (AvgIpc) is 2.05. The Morgan fingerprint density at radius 3 is 2.15 bits per heavy atom. The molecule has 0 aliphatic rings. The van der Waals surface area contributed by atoms with Crippen LogP contribution in [-0.2, 0) is 0 Å². The summed E-state index contributed by atoms with van der Waals surface area (Å²) in [5.74, 6) is 0. The molecule has 13 heavy (non-hydrogen) atoms. The standard InChI is InChI=1S/C10H21NO.Nd/c1-5-8-10(12,6-2)9(4)11-7-3;/h12H,5-8H2,1-4H3;. The number of aliphatic hydroxyl groups is 1. The van der Waals surface area contributed by atoms with Crippen molar-refractivity contribution in [3.63, 3.8) is 0 Å². The summed E-state index contributed by atoms with van der Waals surface area (Å²) in [5, 5.41) is 10.1. The molecule has 0 aliphatic heterocycles. The monoisotopic (exact) mass is 313 g/mol. The molecule has 0 aromatic carbocycles. The Labute approximate surface area is 115 Å². The maximum Gasteiger partial charge on any atom is 0.102 e. The summed E-state index contributed by atoms with van der Waals surface area (Å²) >= 11 is 0. The van der Waals surface area contributed by atoms with Gasteiger partial charge in [-0.25, -0.2) is 0 Å². The van der Waals surface area contributed by atoms with E-state index in [0.717, 1.165) is 31.5 Å². The SMILES string of the molecule is CCCC(O)(CC)C(C)=NCC.[Nd]. The van der Waals surface area contributed by atoms with Gasteiger partial charge in [-0.3, -0.25) is 4.99 Å². The summed E-state index contributed by atoms with van der Waals surface area (Å²) in [5.41, 5.74) is 0.236. The third-order valence-corrected chi connectivity index (χ3v) is 2.32. The number of aliphatic imine (C=N–C) groups is 1. The van der Waals surface area contributed by atoms with Gasteiger partial charge < -0.3 is 5.11 Å². The number of nitrogens with zero attached hydrogens (tertiary/aromatic N) is 1. The van der Waals surface area contributed by atoms with E-state index in [1.54, 1.807) is 0 Å². The third kappa shape index (κ3) is 5.43. The molecule has 0 radical (unpaired) electrons. The summed E-state index contributed by atoms with van der Waals surface area (Å²) in [7, 11) is 0. The van der Waals surface area contributed by atoms with Gasteiger partial charge in [-0.15, -0.1) is 0 Å². The largest absolute Gasteiger partial charge is 0.384 e. The van der Waals surface area contributed by atoms with Gasteiger partial charge in [0.25, 0.3) is 0 Å². The topological polar surface area (TPSA) is 32.6 Å². The average molecular weight is 316 g/mol. The summed E-state index contributed by atoms with van der Waals surface area (Å²) in [6, 6.07) is 0. The Bertz CT molecular complexity index is 159. The summed E-state index contributed by atoms with van der Waals surface area (Å²) < 4.78 is 0. The van der Waals surface area contributed by atoms with Crippen LogP contribution in [0.4, 0.5) is 0 Å². The molecule has 1 atom stereocenters. The van der Waals surface area contributed by atoms with Crippen molar-refractivity contribution in [3.05, 3.63) is 0 Å². The number of rotatable bonds is 5. The zero-order valence-electron chi connectivity index (χ0n) is 9.22. The first-order valence-corrected chi connectivity index (χ1v) is 4.84. The molecular weight excluding hydrogens is 294 g/mol. The van der Waals surface area contributed by atoms with Crippen LogP contribution in [0.3, 0.4) is 0 Å². The number of hydrogen-bond donors (Lipinski definition) is 1. The van der Waals surface area contributed by atoms with Gasteiger partial charge in [0.15, 0.2) is 0 Å². The quantitative estimate of drug-likeness (QED) is 0.777. The maximum absolute atomic E-state index is 10.1. The smallest absolute Gasteiger partial charge is 0.102 e.